The van der Waals surface area contributed by atoms with E-state index in [0.29, 0.717) is 5.75 Å². The van der Waals surface area contributed by atoms with E-state index in [9.17, 15) is 14.4 Å². The average molecular weight is 350 g/mol. The molecule has 1 aromatic carbocycles. The number of urea groups is 1. The number of amides is 3. The van der Waals surface area contributed by atoms with Gasteiger partial charge in [0.15, 0.2) is 12.2 Å². The van der Waals surface area contributed by atoms with Gasteiger partial charge in [-0.3, -0.25) is 10.1 Å². The summed E-state index contributed by atoms with van der Waals surface area (Å²) < 4.78 is 10.6. The Morgan fingerprint density at radius 3 is 2.04 bits per heavy atom. The fraction of sp³-hybridized carbons (Fsp3) is 0.500. The van der Waals surface area contributed by atoms with Crippen LogP contribution in [0.15, 0.2) is 24.3 Å². The maximum Gasteiger partial charge on any atom is 0.347 e. The smallest absolute Gasteiger partial charge is 0.347 e. The van der Waals surface area contributed by atoms with Gasteiger partial charge in [0, 0.05) is 7.05 Å². The Balaban J connectivity index is 2.59. The van der Waals surface area contributed by atoms with E-state index in [4.69, 9.17) is 9.47 Å². The molecule has 0 saturated carbocycles. The van der Waals surface area contributed by atoms with E-state index in [1.54, 1.807) is 12.1 Å². The predicted molar refractivity (Wildman–Crippen MR) is 93.4 cm³/mol. The molecule has 7 heteroatoms. The third-order valence-electron chi connectivity index (χ3n) is 3.49. The minimum atomic E-state index is -1.11. The highest BCUT2D eigenvalue weighted by atomic mass is 16.6. The summed E-state index contributed by atoms with van der Waals surface area (Å²) in [7, 11) is 1.38. The zero-order valence-corrected chi connectivity index (χ0v) is 15.5. The highest BCUT2D eigenvalue weighted by Crippen LogP contribution is 2.24. The molecule has 0 heterocycles. The summed E-state index contributed by atoms with van der Waals surface area (Å²) in [6.45, 7) is 9.22. The van der Waals surface area contributed by atoms with Crippen molar-refractivity contribution in [2.24, 2.45) is 0 Å². The van der Waals surface area contributed by atoms with E-state index < -0.39 is 30.1 Å². The van der Waals surface area contributed by atoms with Gasteiger partial charge in [-0.25, -0.2) is 9.59 Å². The molecular formula is C18H26N2O5. The number of hydrogen-bond acceptors (Lipinski definition) is 5. The van der Waals surface area contributed by atoms with E-state index in [2.05, 4.69) is 26.1 Å². The van der Waals surface area contributed by atoms with Gasteiger partial charge in [-0.1, -0.05) is 32.9 Å². The van der Waals surface area contributed by atoms with Crippen molar-refractivity contribution in [3.8, 4) is 5.75 Å². The number of carbonyl (C=O) groups excluding carboxylic acids is 3. The highest BCUT2D eigenvalue weighted by Gasteiger charge is 2.24. The molecule has 0 unspecified atom stereocenters. The molecule has 1 aromatic rings. The lowest BCUT2D eigenvalue weighted by Gasteiger charge is -2.20. The summed E-state index contributed by atoms with van der Waals surface area (Å²) >= 11 is 0. The monoisotopic (exact) mass is 350 g/mol. The van der Waals surface area contributed by atoms with Crippen LogP contribution < -0.4 is 15.4 Å². The van der Waals surface area contributed by atoms with Gasteiger partial charge in [-0.05, 0) is 37.0 Å². The second-order valence-electron chi connectivity index (χ2n) is 6.68. The molecule has 0 aliphatic rings. The maximum atomic E-state index is 12.0. The van der Waals surface area contributed by atoms with E-state index in [-0.39, 0.29) is 5.41 Å². The molecule has 0 fully saturated rings. The van der Waals surface area contributed by atoms with Gasteiger partial charge in [0.25, 0.3) is 5.91 Å². The van der Waals surface area contributed by atoms with Gasteiger partial charge in [0.2, 0.25) is 0 Å². The van der Waals surface area contributed by atoms with Crippen molar-refractivity contribution in [2.45, 2.75) is 52.2 Å². The first-order valence-corrected chi connectivity index (χ1v) is 8.05. The van der Waals surface area contributed by atoms with Gasteiger partial charge in [0.05, 0.1) is 0 Å². The van der Waals surface area contributed by atoms with Gasteiger partial charge in [0.1, 0.15) is 5.75 Å². The fourth-order valence-electron chi connectivity index (χ4n) is 1.89. The van der Waals surface area contributed by atoms with Crippen LogP contribution in [0.5, 0.6) is 5.75 Å². The van der Waals surface area contributed by atoms with Crippen molar-refractivity contribution >= 4 is 17.9 Å². The van der Waals surface area contributed by atoms with Crippen molar-refractivity contribution in [1.29, 1.82) is 0 Å². The summed E-state index contributed by atoms with van der Waals surface area (Å²) in [6, 6.07) is 6.77. The maximum absolute atomic E-state index is 12.0. The molecule has 7 nitrogen and oxygen atoms in total. The van der Waals surface area contributed by atoms with Crippen LogP contribution in [0, 0.1) is 0 Å². The Bertz CT molecular complexity index is 619. The Labute approximate surface area is 148 Å². The molecule has 0 radical (unpaired) electrons. The Hall–Kier alpha value is -2.57. The molecule has 3 amide bonds. The van der Waals surface area contributed by atoms with E-state index >= 15 is 0 Å². The topological polar surface area (TPSA) is 93.7 Å². The van der Waals surface area contributed by atoms with Gasteiger partial charge >= 0.3 is 12.0 Å². The quantitative estimate of drug-likeness (QED) is 0.794. The number of rotatable bonds is 5. The third kappa shape index (κ3) is 6.45. The van der Waals surface area contributed by atoms with Crippen LogP contribution in [-0.2, 0) is 19.7 Å². The number of ether oxygens (including phenoxy) is 2. The Kier molecular flexibility index (Phi) is 6.97. The molecule has 2 N–H and O–H groups in total. The molecule has 0 aromatic heterocycles. The molecule has 1 rings (SSSR count). The summed E-state index contributed by atoms with van der Waals surface area (Å²) in [5.41, 5.74) is 1.17. The molecule has 0 aliphatic heterocycles. The molecular weight excluding hydrogens is 324 g/mol. The molecule has 138 valence electrons. The standard InChI is InChI=1S/C18H26N2O5/c1-11(15(21)20-17(23)19-6)25-16(22)12(2)24-14-9-7-13(8-10-14)18(3,4)5/h7-12H,1-6H3,(H2,19,20,21,23)/t11-,12-/m0/s1. The molecule has 2 atom stereocenters. The fourth-order valence-corrected chi connectivity index (χ4v) is 1.89. The first-order valence-electron chi connectivity index (χ1n) is 8.05. The van der Waals surface area contributed by atoms with Crippen molar-refractivity contribution < 1.29 is 23.9 Å². The first kappa shape index (κ1) is 20.5. The minimum Gasteiger partial charge on any atom is -0.479 e. The predicted octanol–water partition coefficient (Wildman–Crippen LogP) is 2.14. The lowest BCUT2D eigenvalue weighted by molar-refractivity contribution is -0.160. The SMILES string of the molecule is CNC(=O)NC(=O)[C@H](C)OC(=O)[C@H](C)Oc1ccc(C(C)(C)C)cc1. The van der Waals surface area contributed by atoms with Crippen LogP contribution in [0.4, 0.5) is 4.79 Å². The van der Waals surface area contributed by atoms with Crippen molar-refractivity contribution in [3.63, 3.8) is 0 Å². The van der Waals surface area contributed by atoms with Crippen LogP contribution in [0.1, 0.15) is 40.2 Å². The molecule has 0 saturated heterocycles. The van der Waals surface area contributed by atoms with Crippen molar-refractivity contribution in [3.05, 3.63) is 29.8 Å². The molecule has 0 aliphatic carbocycles. The van der Waals surface area contributed by atoms with E-state index in [1.165, 1.54) is 20.9 Å². The average Bonchev–Trinajstić information content (AvgIpc) is 2.54. The number of esters is 1. The van der Waals surface area contributed by atoms with Crippen LogP contribution in [0.3, 0.4) is 0 Å². The Morgan fingerprint density at radius 1 is 1.00 bits per heavy atom. The van der Waals surface area contributed by atoms with Crippen LogP contribution in [-0.4, -0.2) is 37.2 Å². The number of benzene rings is 1. The minimum absolute atomic E-state index is 0.0245. The second-order valence-corrected chi connectivity index (χ2v) is 6.68. The highest BCUT2D eigenvalue weighted by molar-refractivity contribution is 5.97. The summed E-state index contributed by atoms with van der Waals surface area (Å²) in [6.07, 6.45) is -2.00. The van der Waals surface area contributed by atoms with E-state index in [0.717, 1.165) is 5.56 Å². The van der Waals surface area contributed by atoms with Gasteiger partial charge in [-0.2, -0.15) is 0 Å². The Morgan fingerprint density at radius 2 is 1.56 bits per heavy atom. The third-order valence-corrected chi connectivity index (χ3v) is 3.49. The molecule has 0 spiro atoms. The van der Waals surface area contributed by atoms with Crippen molar-refractivity contribution in [2.75, 3.05) is 7.05 Å². The second kappa shape index (κ2) is 8.50. The van der Waals surface area contributed by atoms with Crippen molar-refractivity contribution in [1.82, 2.24) is 10.6 Å². The summed E-state index contributed by atoms with van der Waals surface area (Å²) in [4.78, 5) is 34.8. The molecule has 25 heavy (non-hydrogen) atoms. The molecule has 0 bridgehead atoms. The number of hydrogen-bond donors (Lipinski definition) is 2. The van der Waals surface area contributed by atoms with E-state index in [1.807, 2.05) is 17.4 Å². The summed E-state index contributed by atoms with van der Waals surface area (Å²) in [5, 5.41) is 4.28. The first-order chi connectivity index (χ1) is 11.5. The lowest BCUT2D eigenvalue weighted by atomic mass is 9.87. The van der Waals surface area contributed by atoms with Crippen LogP contribution >= 0.6 is 0 Å². The van der Waals surface area contributed by atoms with Gasteiger partial charge in [-0.15, -0.1) is 0 Å². The van der Waals surface area contributed by atoms with Crippen LogP contribution in [0.2, 0.25) is 0 Å². The van der Waals surface area contributed by atoms with Gasteiger partial charge < -0.3 is 14.8 Å². The normalized spacial score (nSPS) is 13.4. The largest absolute Gasteiger partial charge is 0.479 e. The zero-order chi connectivity index (χ0) is 19.2. The number of nitrogens with one attached hydrogen (secondary N) is 2. The number of imide groups is 1. The summed E-state index contributed by atoms with van der Waals surface area (Å²) in [5.74, 6) is -0.881. The zero-order valence-electron chi connectivity index (χ0n) is 15.5. The lowest BCUT2D eigenvalue weighted by Crippen LogP contribution is -2.44. The number of carbonyl (C=O) groups is 3. The van der Waals surface area contributed by atoms with Crippen LogP contribution in [0.25, 0.3) is 0 Å².